The third-order valence-corrected chi connectivity index (χ3v) is 5.63. The van der Waals surface area contributed by atoms with Crippen LogP contribution in [0.25, 0.3) is 0 Å². The van der Waals surface area contributed by atoms with Crippen molar-refractivity contribution < 1.29 is 13.2 Å². The van der Waals surface area contributed by atoms with E-state index in [-0.39, 0.29) is 11.9 Å². The summed E-state index contributed by atoms with van der Waals surface area (Å²) in [5.41, 5.74) is 2.12. The van der Waals surface area contributed by atoms with E-state index in [4.69, 9.17) is 0 Å². The quantitative estimate of drug-likeness (QED) is 0.825. The Morgan fingerprint density at radius 2 is 1.83 bits per heavy atom. The molecule has 0 bridgehead atoms. The second kappa shape index (κ2) is 7.93. The topological polar surface area (TPSA) is 66.5 Å². The molecule has 5 nitrogen and oxygen atoms in total. The van der Waals surface area contributed by atoms with E-state index in [1.807, 2.05) is 31.2 Å². The minimum Gasteiger partial charge on any atom is -0.354 e. The maximum absolute atomic E-state index is 12.0. The van der Waals surface area contributed by atoms with Crippen LogP contribution >= 0.6 is 0 Å². The van der Waals surface area contributed by atoms with Crippen molar-refractivity contribution in [3.63, 3.8) is 0 Å². The monoisotopic (exact) mass is 338 g/mol. The summed E-state index contributed by atoms with van der Waals surface area (Å²) >= 11 is 0. The predicted molar refractivity (Wildman–Crippen MR) is 91.7 cm³/mol. The third kappa shape index (κ3) is 5.62. The van der Waals surface area contributed by atoms with Crippen LogP contribution < -0.4 is 5.32 Å². The predicted octanol–water partition coefficient (Wildman–Crippen LogP) is 1.86. The molecule has 1 aliphatic carbocycles. The number of sulfonamides is 1. The summed E-state index contributed by atoms with van der Waals surface area (Å²) in [6.07, 6.45) is 5.57. The van der Waals surface area contributed by atoms with Gasteiger partial charge in [0.15, 0.2) is 0 Å². The first kappa shape index (κ1) is 17.9. The van der Waals surface area contributed by atoms with E-state index < -0.39 is 10.0 Å². The molecule has 0 atom stereocenters. The van der Waals surface area contributed by atoms with Gasteiger partial charge in [0, 0.05) is 19.1 Å². The molecule has 0 radical (unpaired) electrons. The van der Waals surface area contributed by atoms with Gasteiger partial charge in [0.25, 0.3) is 0 Å². The van der Waals surface area contributed by atoms with Crippen LogP contribution in [0.4, 0.5) is 0 Å². The molecular formula is C17H26N2O3S. The minimum atomic E-state index is -3.23. The summed E-state index contributed by atoms with van der Waals surface area (Å²) in [5, 5.41) is 2.83. The lowest BCUT2D eigenvalue weighted by Crippen LogP contribution is -2.43. The first-order valence-corrected chi connectivity index (χ1v) is 10.00. The molecule has 1 aliphatic rings. The largest absolute Gasteiger partial charge is 0.354 e. The Kier molecular flexibility index (Phi) is 6.18. The number of carbonyl (C=O) groups excluding carboxylic acids is 1. The van der Waals surface area contributed by atoms with Crippen molar-refractivity contribution in [1.29, 1.82) is 0 Å². The van der Waals surface area contributed by atoms with Gasteiger partial charge in [-0.2, -0.15) is 4.31 Å². The SMILES string of the molecule is Cc1ccc(CC(=O)NCCN(C2CCCC2)S(C)(=O)=O)cc1. The number of benzene rings is 1. The molecule has 23 heavy (non-hydrogen) atoms. The average molecular weight is 338 g/mol. The molecule has 6 heteroatoms. The van der Waals surface area contributed by atoms with Crippen molar-refractivity contribution in [2.24, 2.45) is 0 Å². The van der Waals surface area contributed by atoms with Gasteiger partial charge in [-0.25, -0.2) is 8.42 Å². The molecule has 1 aromatic carbocycles. The van der Waals surface area contributed by atoms with E-state index in [0.29, 0.717) is 19.5 Å². The first-order chi connectivity index (χ1) is 10.9. The van der Waals surface area contributed by atoms with Crippen LogP contribution in [0, 0.1) is 6.92 Å². The molecule has 0 aliphatic heterocycles. The highest BCUT2D eigenvalue weighted by Crippen LogP contribution is 2.24. The molecule has 128 valence electrons. The van der Waals surface area contributed by atoms with Crippen molar-refractivity contribution in [1.82, 2.24) is 9.62 Å². The van der Waals surface area contributed by atoms with Gasteiger partial charge in [0.1, 0.15) is 0 Å². The molecular weight excluding hydrogens is 312 g/mol. The maximum Gasteiger partial charge on any atom is 0.224 e. The molecule has 1 amide bonds. The van der Waals surface area contributed by atoms with Crippen molar-refractivity contribution in [2.75, 3.05) is 19.3 Å². The van der Waals surface area contributed by atoms with Gasteiger partial charge in [-0.3, -0.25) is 4.79 Å². The van der Waals surface area contributed by atoms with Gasteiger partial charge < -0.3 is 5.32 Å². The summed E-state index contributed by atoms with van der Waals surface area (Å²) in [6.45, 7) is 2.71. The van der Waals surface area contributed by atoms with Crippen LogP contribution in [0.2, 0.25) is 0 Å². The molecule has 0 spiro atoms. The van der Waals surface area contributed by atoms with Gasteiger partial charge in [-0.15, -0.1) is 0 Å². The van der Waals surface area contributed by atoms with Crippen LogP contribution in [0.1, 0.15) is 36.8 Å². The van der Waals surface area contributed by atoms with E-state index in [1.54, 1.807) is 4.31 Å². The summed E-state index contributed by atoms with van der Waals surface area (Å²) in [4.78, 5) is 12.0. The number of nitrogens with one attached hydrogen (secondary N) is 1. The molecule has 2 rings (SSSR count). The number of nitrogens with zero attached hydrogens (tertiary/aromatic N) is 1. The van der Waals surface area contributed by atoms with Crippen LogP contribution in [0.15, 0.2) is 24.3 Å². The van der Waals surface area contributed by atoms with E-state index in [9.17, 15) is 13.2 Å². The highest BCUT2D eigenvalue weighted by atomic mass is 32.2. The highest BCUT2D eigenvalue weighted by Gasteiger charge is 2.28. The van der Waals surface area contributed by atoms with Crippen molar-refractivity contribution in [3.05, 3.63) is 35.4 Å². The van der Waals surface area contributed by atoms with Gasteiger partial charge in [0.05, 0.1) is 12.7 Å². The Labute approximate surface area is 139 Å². The summed E-state index contributed by atoms with van der Waals surface area (Å²) in [5.74, 6) is -0.0753. The molecule has 1 N–H and O–H groups in total. The Hall–Kier alpha value is -1.40. The summed E-state index contributed by atoms with van der Waals surface area (Å²) in [6, 6.07) is 7.94. The lowest BCUT2D eigenvalue weighted by molar-refractivity contribution is -0.120. The molecule has 0 saturated heterocycles. The van der Waals surface area contributed by atoms with Crippen molar-refractivity contribution in [3.8, 4) is 0 Å². The van der Waals surface area contributed by atoms with Crippen LogP contribution in [0.5, 0.6) is 0 Å². The van der Waals surface area contributed by atoms with E-state index in [2.05, 4.69) is 5.32 Å². The summed E-state index contributed by atoms with van der Waals surface area (Å²) < 4.78 is 25.4. The van der Waals surface area contributed by atoms with Gasteiger partial charge >= 0.3 is 0 Å². The Morgan fingerprint density at radius 1 is 1.22 bits per heavy atom. The third-order valence-electron chi connectivity index (χ3n) is 4.30. The number of amides is 1. The molecule has 0 unspecified atom stereocenters. The minimum absolute atomic E-state index is 0.0753. The Bertz CT molecular complexity index is 620. The molecule has 0 aromatic heterocycles. The van der Waals surface area contributed by atoms with Crippen molar-refractivity contribution >= 4 is 15.9 Å². The fourth-order valence-corrected chi connectivity index (χ4v) is 4.25. The maximum atomic E-state index is 12.0. The molecule has 1 aromatic rings. The number of carbonyl (C=O) groups is 1. The number of hydrogen-bond acceptors (Lipinski definition) is 3. The zero-order chi connectivity index (χ0) is 16.9. The standard InChI is InChI=1S/C17H26N2O3S/c1-14-7-9-15(10-8-14)13-17(20)18-11-12-19(23(2,21)22)16-5-3-4-6-16/h7-10,16H,3-6,11-13H2,1-2H3,(H,18,20). The van der Waals surface area contributed by atoms with Gasteiger partial charge in [-0.05, 0) is 25.3 Å². The molecule has 1 saturated carbocycles. The molecule has 1 fully saturated rings. The number of aryl methyl sites for hydroxylation is 1. The second-order valence-corrected chi connectivity index (χ2v) is 8.26. The zero-order valence-corrected chi connectivity index (χ0v) is 14.7. The zero-order valence-electron chi connectivity index (χ0n) is 13.9. The average Bonchev–Trinajstić information content (AvgIpc) is 2.98. The normalized spacial score (nSPS) is 16.0. The fraction of sp³-hybridized carbons (Fsp3) is 0.588. The smallest absolute Gasteiger partial charge is 0.224 e. The Balaban J connectivity index is 1.82. The fourth-order valence-electron chi connectivity index (χ4n) is 3.07. The van der Waals surface area contributed by atoms with Crippen molar-refractivity contribution in [2.45, 2.75) is 45.1 Å². The van der Waals surface area contributed by atoms with Gasteiger partial charge in [-0.1, -0.05) is 42.7 Å². The van der Waals surface area contributed by atoms with E-state index in [0.717, 1.165) is 36.8 Å². The summed E-state index contributed by atoms with van der Waals surface area (Å²) in [7, 11) is -3.23. The van der Waals surface area contributed by atoms with E-state index in [1.165, 1.54) is 6.26 Å². The highest BCUT2D eigenvalue weighted by molar-refractivity contribution is 7.88. The number of hydrogen-bond donors (Lipinski definition) is 1. The molecule has 0 heterocycles. The van der Waals surface area contributed by atoms with Gasteiger partial charge in [0.2, 0.25) is 15.9 Å². The van der Waals surface area contributed by atoms with Crippen LogP contribution in [-0.2, 0) is 21.2 Å². The van der Waals surface area contributed by atoms with Crippen LogP contribution in [0.3, 0.4) is 0 Å². The number of rotatable bonds is 7. The van der Waals surface area contributed by atoms with Crippen LogP contribution in [-0.4, -0.2) is 44.0 Å². The lowest BCUT2D eigenvalue weighted by atomic mass is 10.1. The first-order valence-electron chi connectivity index (χ1n) is 8.15. The Morgan fingerprint density at radius 3 is 2.39 bits per heavy atom. The van der Waals surface area contributed by atoms with E-state index >= 15 is 0 Å². The second-order valence-electron chi connectivity index (χ2n) is 6.32. The lowest BCUT2D eigenvalue weighted by Gasteiger charge is -2.26.